The van der Waals surface area contributed by atoms with Crippen molar-refractivity contribution in [1.82, 2.24) is 5.32 Å². The minimum Gasteiger partial charge on any atom is -0.497 e. The fraction of sp³-hybridized carbons (Fsp3) is 0.278. The highest BCUT2D eigenvalue weighted by molar-refractivity contribution is 9.10. The van der Waals surface area contributed by atoms with Crippen LogP contribution in [0, 0.1) is 0 Å². The maximum absolute atomic E-state index is 12.3. The van der Waals surface area contributed by atoms with E-state index < -0.39 is 6.10 Å². The van der Waals surface area contributed by atoms with Crippen LogP contribution in [0.5, 0.6) is 5.75 Å². The van der Waals surface area contributed by atoms with Crippen molar-refractivity contribution in [3.8, 4) is 5.75 Å². The quantitative estimate of drug-likeness (QED) is 0.792. The molecule has 0 aromatic heterocycles. The molecule has 1 atom stereocenters. The zero-order valence-corrected chi connectivity index (χ0v) is 15.5. The van der Waals surface area contributed by atoms with E-state index in [9.17, 15) is 9.90 Å². The molecule has 2 rings (SSSR count). The van der Waals surface area contributed by atoms with Gasteiger partial charge >= 0.3 is 0 Å². The van der Waals surface area contributed by atoms with Crippen LogP contribution in [-0.4, -0.2) is 38.8 Å². The highest BCUT2D eigenvalue weighted by Gasteiger charge is 2.14. The maximum Gasteiger partial charge on any atom is 0.252 e. The fourth-order valence-corrected chi connectivity index (χ4v) is 2.63. The summed E-state index contributed by atoms with van der Waals surface area (Å²) in [7, 11) is 5.46. The fourth-order valence-electron chi connectivity index (χ4n) is 2.20. The number of aliphatic hydroxyl groups is 1. The van der Waals surface area contributed by atoms with Crippen molar-refractivity contribution in [3.05, 3.63) is 58.1 Å². The van der Waals surface area contributed by atoms with Gasteiger partial charge in [0.05, 0.1) is 18.8 Å². The lowest BCUT2D eigenvalue weighted by Gasteiger charge is -2.16. The van der Waals surface area contributed by atoms with Crippen LogP contribution in [0.3, 0.4) is 0 Å². The number of hydrogen-bond donors (Lipinski definition) is 2. The van der Waals surface area contributed by atoms with Crippen LogP contribution < -0.4 is 15.0 Å². The second-order valence-corrected chi connectivity index (χ2v) is 6.41. The molecular weight excluding hydrogens is 372 g/mol. The topological polar surface area (TPSA) is 61.8 Å². The number of amides is 1. The van der Waals surface area contributed by atoms with Gasteiger partial charge in [-0.1, -0.05) is 12.1 Å². The molecule has 0 aliphatic carbocycles. The summed E-state index contributed by atoms with van der Waals surface area (Å²) >= 11 is 3.35. The van der Waals surface area contributed by atoms with Gasteiger partial charge in [-0.05, 0) is 51.8 Å². The first-order valence-electron chi connectivity index (χ1n) is 7.49. The van der Waals surface area contributed by atoms with Crippen LogP contribution in [0.15, 0.2) is 46.9 Å². The predicted molar refractivity (Wildman–Crippen MR) is 98.8 cm³/mol. The van der Waals surface area contributed by atoms with Crippen molar-refractivity contribution in [3.63, 3.8) is 0 Å². The van der Waals surface area contributed by atoms with Crippen LogP contribution in [0.4, 0.5) is 5.69 Å². The van der Waals surface area contributed by atoms with E-state index in [1.54, 1.807) is 25.3 Å². The van der Waals surface area contributed by atoms with Gasteiger partial charge in [-0.25, -0.2) is 0 Å². The molecule has 2 N–H and O–H groups in total. The molecule has 6 heteroatoms. The number of nitrogens with zero attached hydrogens (tertiary/aromatic N) is 1. The molecule has 0 aliphatic rings. The van der Waals surface area contributed by atoms with E-state index in [2.05, 4.69) is 21.2 Å². The van der Waals surface area contributed by atoms with Gasteiger partial charge in [0.15, 0.2) is 0 Å². The third-order valence-electron chi connectivity index (χ3n) is 3.67. The van der Waals surface area contributed by atoms with Gasteiger partial charge in [-0.2, -0.15) is 0 Å². The number of nitrogens with one attached hydrogen (secondary N) is 1. The molecule has 0 radical (unpaired) electrons. The zero-order chi connectivity index (χ0) is 17.7. The second kappa shape index (κ2) is 8.17. The summed E-state index contributed by atoms with van der Waals surface area (Å²) in [6.07, 6.45) is -0.769. The Hall–Kier alpha value is -2.05. The molecule has 2 aromatic carbocycles. The number of carbonyl (C=O) groups excluding carboxylic acids is 1. The highest BCUT2D eigenvalue weighted by atomic mass is 79.9. The van der Waals surface area contributed by atoms with E-state index in [1.165, 1.54) is 0 Å². The van der Waals surface area contributed by atoms with E-state index in [4.69, 9.17) is 4.74 Å². The Morgan fingerprint density at radius 1 is 1.25 bits per heavy atom. The Labute approximate surface area is 150 Å². The number of carbonyl (C=O) groups is 1. The average molecular weight is 393 g/mol. The van der Waals surface area contributed by atoms with Crippen LogP contribution in [-0.2, 0) is 0 Å². The smallest absolute Gasteiger partial charge is 0.252 e. The van der Waals surface area contributed by atoms with Crippen molar-refractivity contribution >= 4 is 27.5 Å². The molecule has 0 saturated carbocycles. The zero-order valence-electron chi connectivity index (χ0n) is 13.9. The lowest BCUT2D eigenvalue weighted by molar-refractivity contribution is 0.0915. The first-order valence-corrected chi connectivity index (χ1v) is 8.28. The molecule has 5 nitrogen and oxygen atoms in total. The molecule has 0 unspecified atom stereocenters. The van der Waals surface area contributed by atoms with E-state index in [0.29, 0.717) is 15.8 Å². The van der Waals surface area contributed by atoms with E-state index in [1.807, 2.05) is 43.3 Å². The third kappa shape index (κ3) is 4.49. The molecule has 24 heavy (non-hydrogen) atoms. The summed E-state index contributed by atoms with van der Waals surface area (Å²) in [4.78, 5) is 14.3. The van der Waals surface area contributed by atoms with Gasteiger partial charge < -0.3 is 20.1 Å². The van der Waals surface area contributed by atoms with Crippen molar-refractivity contribution in [2.45, 2.75) is 6.10 Å². The number of halogens is 1. The summed E-state index contributed by atoms with van der Waals surface area (Å²) in [5.74, 6) is 0.327. The Bertz CT molecular complexity index is 702. The minimum atomic E-state index is -0.769. The number of aliphatic hydroxyl groups excluding tert-OH is 1. The first-order chi connectivity index (χ1) is 11.4. The molecule has 1 amide bonds. The van der Waals surface area contributed by atoms with Gasteiger partial charge in [0.1, 0.15) is 5.75 Å². The first kappa shape index (κ1) is 18.3. The standard InChI is InChI=1S/C18H21BrN2O3/c1-21(2)13-6-4-12(5-7-13)17(22)11-20-18(23)15-10-14(24-3)8-9-16(15)19/h4-10,17,22H,11H2,1-3H3,(H,20,23)/t17-/m0/s1. The Balaban J connectivity index is 2.00. The molecule has 0 aliphatic heterocycles. The van der Waals surface area contributed by atoms with Gasteiger partial charge in [0.2, 0.25) is 0 Å². The van der Waals surface area contributed by atoms with Gasteiger partial charge in [0, 0.05) is 30.8 Å². The molecule has 2 aromatic rings. The van der Waals surface area contributed by atoms with Crippen molar-refractivity contribution in [2.75, 3.05) is 32.6 Å². The number of methoxy groups -OCH3 is 1. The molecule has 0 heterocycles. The van der Waals surface area contributed by atoms with E-state index in [-0.39, 0.29) is 12.5 Å². The molecule has 0 saturated heterocycles. The second-order valence-electron chi connectivity index (χ2n) is 5.56. The van der Waals surface area contributed by atoms with Crippen molar-refractivity contribution in [1.29, 1.82) is 0 Å². The number of hydrogen-bond acceptors (Lipinski definition) is 4. The summed E-state index contributed by atoms with van der Waals surface area (Å²) in [6, 6.07) is 12.7. The summed E-state index contributed by atoms with van der Waals surface area (Å²) < 4.78 is 5.80. The molecule has 0 fully saturated rings. The van der Waals surface area contributed by atoms with E-state index >= 15 is 0 Å². The number of ether oxygens (including phenoxy) is 1. The van der Waals surface area contributed by atoms with Crippen LogP contribution in [0.25, 0.3) is 0 Å². The van der Waals surface area contributed by atoms with Gasteiger partial charge in [-0.15, -0.1) is 0 Å². The lowest BCUT2D eigenvalue weighted by Crippen LogP contribution is -2.28. The summed E-state index contributed by atoms with van der Waals surface area (Å²) in [6.45, 7) is 0.129. The highest BCUT2D eigenvalue weighted by Crippen LogP contribution is 2.23. The number of anilines is 1. The van der Waals surface area contributed by atoms with Crippen LogP contribution in [0.2, 0.25) is 0 Å². The molecular formula is C18H21BrN2O3. The SMILES string of the molecule is COc1ccc(Br)c(C(=O)NC[C@H](O)c2ccc(N(C)C)cc2)c1. The Morgan fingerprint density at radius 2 is 1.92 bits per heavy atom. The predicted octanol–water partition coefficient (Wildman–Crippen LogP) is 2.99. The Kier molecular flexibility index (Phi) is 6.23. The number of benzene rings is 2. The lowest BCUT2D eigenvalue weighted by atomic mass is 10.1. The Morgan fingerprint density at radius 3 is 2.50 bits per heavy atom. The summed E-state index contributed by atoms with van der Waals surface area (Å²) in [5, 5.41) is 13.0. The number of rotatable bonds is 6. The van der Waals surface area contributed by atoms with Crippen LogP contribution in [0.1, 0.15) is 22.0 Å². The van der Waals surface area contributed by atoms with Crippen LogP contribution >= 0.6 is 15.9 Å². The third-order valence-corrected chi connectivity index (χ3v) is 4.36. The van der Waals surface area contributed by atoms with Gasteiger partial charge in [-0.3, -0.25) is 4.79 Å². The average Bonchev–Trinajstić information content (AvgIpc) is 2.59. The molecule has 128 valence electrons. The maximum atomic E-state index is 12.3. The monoisotopic (exact) mass is 392 g/mol. The largest absolute Gasteiger partial charge is 0.497 e. The molecule has 0 bridgehead atoms. The van der Waals surface area contributed by atoms with Gasteiger partial charge in [0.25, 0.3) is 5.91 Å². The minimum absolute atomic E-state index is 0.129. The van der Waals surface area contributed by atoms with Crippen molar-refractivity contribution < 1.29 is 14.6 Å². The summed E-state index contributed by atoms with van der Waals surface area (Å²) in [5.41, 5.74) is 2.27. The van der Waals surface area contributed by atoms with E-state index in [0.717, 1.165) is 11.3 Å². The molecule has 0 spiro atoms. The normalized spacial score (nSPS) is 11.7. The van der Waals surface area contributed by atoms with Crippen molar-refractivity contribution in [2.24, 2.45) is 0 Å².